The zero-order valence-electron chi connectivity index (χ0n) is 15.8. The highest BCUT2D eigenvalue weighted by molar-refractivity contribution is 7.80. The van der Waals surface area contributed by atoms with E-state index in [1.165, 1.54) is 19.3 Å². The van der Waals surface area contributed by atoms with E-state index < -0.39 is 0 Å². The molecule has 0 unspecified atom stereocenters. The summed E-state index contributed by atoms with van der Waals surface area (Å²) in [6.07, 6.45) is 5.91. The lowest BCUT2D eigenvalue weighted by Gasteiger charge is -2.20. The van der Waals surface area contributed by atoms with Crippen LogP contribution in [0.15, 0.2) is 41.4 Å². The second-order valence-electron chi connectivity index (χ2n) is 6.81. The molecule has 0 aliphatic heterocycles. The average molecular weight is 383 g/mol. The summed E-state index contributed by atoms with van der Waals surface area (Å²) in [5.41, 5.74) is 2.74. The molecule has 3 rings (SSSR count). The molecular formula is C20H26N6S. The van der Waals surface area contributed by atoms with Crippen LogP contribution in [0.5, 0.6) is 0 Å². The third-order valence-electron chi connectivity index (χ3n) is 4.36. The van der Waals surface area contributed by atoms with Crippen LogP contribution in [0.3, 0.4) is 0 Å². The molecule has 1 aliphatic carbocycles. The summed E-state index contributed by atoms with van der Waals surface area (Å²) in [7, 11) is 0. The lowest BCUT2D eigenvalue weighted by molar-refractivity contribution is 0.443. The van der Waals surface area contributed by atoms with Crippen LogP contribution >= 0.6 is 12.2 Å². The molecule has 0 saturated heterocycles. The first-order chi connectivity index (χ1) is 13.1. The minimum absolute atomic E-state index is 0.291. The maximum Gasteiger partial charge on any atom is 0.229 e. The predicted molar refractivity (Wildman–Crippen MR) is 115 cm³/mol. The number of thiocarbonyl (C=S) groups is 1. The Labute approximate surface area is 165 Å². The number of hydrogen-bond acceptors (Lipinski definition) is 4. The van der Waals surface area contributed by atoms with Crippen LogP contribution in [0, 0.1) is 13.8 Å². The van der Waals surface area contributed by atoms with Crippen LogP contribution in [-0.2, 0) is 0 Å². The monoisotopic (exact) mass is 382 g/mol. The minimum Gasteiger partial charge on any atom is -0.332 e. The Balaban J connectivity index is 1.74. The Hall–Kier alpha value is -2.54. The summed E-state index contributed by atoms with van der Waals surface area (Å²) in [5, 5.41) is 10.0. The van der Waals surface area contributed by atoms with Gasteiger partial charge in [-0.1, -0.05) is 37.5 Å². The number of aryl methyl sites for hydroxylation is 2. The molecule has 7 heteroatoms. The molecule has 0 bridgehead atoms. The lowest BCUT2D eigenvalue weighted by atomic mass is 9.96. The molecule has 1 heterocycles. The van der Waals surface area contributed by atoms with Gasteiger partial charge in [0.2, 0.25) is 11.9 Å². The Morgan fingerprint density at radius 2 is 1.67 bits per heavy atom. The van der Waals surface area contributed by atoms with Crippen molar-refractivity contribution in [3.8, 4) is 0 Å². The number of benzene rings is 1. The maximum absolute atomic E-state index is 5.46. The summed E-state index contributed by atoms with van der Waals surface area (Å²) in [5.74, 6) is 1.11. The van der Waals surface area contributed by atoms with Crippen molar-refractivity contribution < 1.29 is 0 Å². The molecule has 0 radical (unpaired) electrons. The molecule has 6 nitrogen and oxygen atoms in total. The lowest BCUT2D eigenvalue weighted by Crippen LogP contribution is -2.40. The summed E-state index contributed by atoms with van der Waals surface area (Å²) in [4.78, 5) is 13.8. The normalized spacial score (nSPS) is 15.3. The number of aliphatic imine (C=N–C) groups is 1. The van der Waals surface area contributed by atoms with Gasteiger partial charge in [0.15, 0.2) is 5.11 Å². The standard InChI is InChI=1S/C20H26N6S/c1-14-13-15(2)22-18(21-14)25-19(23-16-9-5-3-6-10-16)26-20(27)24-17-11-7-4-8-12-17/h4,7-8,11-13,16H,3,5-6,9-10H2,1-2H3,(H3,21,22,23,24,25,26,27). The molecule has 27 heavy (non-hydrogen) atoms. The minimum atomic E-state index is 0.291. The highest BCUT2D eigenvalue weighted by atomic mass is 32.1. The van der Waals surface area contributed by atoms with Gasteiger partial charge >= 0.3 is 0 Å². The number of anilines is 2. The van der Waals surface area contributed by atoms with Crippen molar-refractivity contribution >= 4 is 34.9 Å². The fourth-order valence-electron chi connectivity index (χ4n) is 3.17. The molecular weight excluding hydrogens is 356 g/mol. The highest BCUT2D eigenvalue weighted by Crippen LogP contribution is 2.20. The summed E-state index contributed by atoms with van der Waals surface area (Å²) < 4.78 is 0. The van der Waals surface area contributed by atoms with Gasteiger partial charge in [-0.25, -0.2) is 15.0 Å². The van der Waals surface area contributed by atoms with E-state index >= 15 is 0 Å². The van der Waals surface area contributed by atoms with E-state index in [9.17, 15) is 0 Å². The van der Waals surface area contributed by atoms with Gasteiger partial charge in [-0.05, 0) is 57.1 Å². The van der Waals surface area contributed by atoms with E-state index in [2.05, 4.69) is 25.9 Å². The fourth-order valence-corrected chi connectivity index (χ4v) is 3.38. The van der Waals surface area contributed by atoms with E-state index in [-0.39, 0.29) is 0 Å². The van der Waals surface area contributed by atoms with E-state index in [1.54, 1.807) is 0 Å². The van der Waals surface area contributed by atoms with Gasteiger partial charge in [0.1, 0.15) is 0 Å². The van der Waals surface area contributed by atoms with Gasteiger partial charge in [-0.15, -0.1) is 0 Å². The number of rotatable bonds is 3. The van der Waals surface area contributed by atoms with E-state index in [1.807, 2.05) is 50.2 Å². The first kappa shape index (κ1) is 19.2. The predicted octanol–water partition coefficient (Wildman–Crippen LogP) is 4.18. The topological polar surface area (TPSA) is 74.2 Å². The molecule has 0 atom stereocenters. The third kappa shape index (κ3) is 6.29. The van der Waals surface area contributed by atoms with Crippen LogP contribution in [-0.4, -0.2) is 27.1 Å². The third-order valence-corrected chi connectivity index (χ3v) is 4.57. The Bertz CT molecular complexity index is 779. The van der Waals surface area contributed by atoms with Gasteiger partial charge in [-0.3, -0.25) is 5.32 Å². The molecule has 1 aromatic carbocycles. The van der Waals surface area contributed by atoms with Crippen molar-refractivity contribution in [2.75, 3.05) is 10.6 Å². The van der Waals surface area contributed by atoms with Crippen LogP contribution in [0.2, 0.25) is 0 Å². The molecule has 1 aromatic heterocycles. The second kappa shape index (κ2) is 9.41. The van der Waals surface area contributed by atoms with Crippen molar-refractivity contribution in [1.29, 1.82) is 0 Å². The number of hydrogen-bond donors (Lipinski definition) is 3. The summed E-state index contributed by atoms with van der Waals surface area (Å²) in [6, 6.07) is 12.1. The molecule has 1 saturated carbocycles. The largest absolute Gasteiger partial charge is 0.332 e. The van der Waals surface area contributed by atoms with Crippen molar-refractivity contribution in [3.63, 3.8) is 0 Å². The molecule has 3 N–H and O–H groups in total. The average Bonchev–Trinajstić information content (AvgIpc) is 2.62. The van der Waals surface area contributed by atoms with Crippen LogP contribution < -0.4 is 16.0 Å². The fraction of sp³-hybridized carbons (Fsp3) is 0.400. The number of para-hydroxylation sites is 1. The van der Waals surface area contributed by atoms with E-state index in [0.717, 1.165) is 29.9 Å². The van der Waals surface area contributed by atoms with Gasteiger partial charge in [-0.2, -0.15) is 0 Å². The number of nitrogens with zero attached hydrogens (tertiary/aromatic N) is 3. The smallest absolute Gasteiger partial charge is 0.229 e. The van der Waals surface area contributed by atoms with Crippen LogP contribution in [0.1, 0.15) is 43.5 Å². The summed E-state index contributed by atoms with van der Waals surface area (Å²) in [6.45, 7) is 3.90. The zero-order valence-corrected chi connectivity index (χ0v) is 16.6. The first-order valence-corrected chi connectivity index (χ1v) is 9.79. The van der Waals surface area contributed by atoms with Crippen molar-refractivity contribution in [3.05, 3.63) is 47.8 Å². The molecule has 0 amide bonds. The second-order valence-corrected chi connectivity index (χ2v) is 7.22. The summed E-state index contributed by atoms with van der Waals surface area (Å²) >= 11 is 5.46. The number of nitrogens with one attached hydrogen (secondary N) is 3. The van der Waals surface area contributed by atoms with Crippen LogP contribution in [0.4, 0.5) is 11.6 Å². The van der Waals surface area contributed by atoms with Crippen LogP contribution in [0.25, 0.3) is 0 Å². The molecule has 1 fully saturated rings. The van der Waals surface area contributed by atoms with Crippen molar-refractivity contribution in [2.24, 2.45) is 4.99 Å². The Morgan fingerprint density at radius 3 is 2.33 bits per heavy atom. The number of guanidine groups is 1. The van der Waals surface area contributed by atoms with Gasteiger partial charge in [0, 0.05) is 17.1 Å². The Morgan fingerprint density at radius 1 is 1.00 bits per heavy atom. The zero-order chi connectivity index (χ0) is 19.1. The van der Waals surface area contributed by atoms with Crippen molar-refractivity contribution in [2.45, 2.75) is 52.0 Å². The maximum atomic E-state index is 5.46. The van der Waals surface area contributed by atoms with Gasteiger partial charge < -0.3 is 10.6 Å². The molecule has 142 valence electrons. The SMILES string of the molecule is Cc1cc(C)nc(NC(=NC2CCCCC2)NC(=S)Nc2ccccc2)n1. The van der Waals surface area contributed by atoms with E-state index in [4.69, 9.17) is 17.2 Å². The van der Waals surface area contributed by atoms with Gasteiger partial charge in [0.25, 0.3) is 0 Å². The molecule has 1 aliphatic rings. The molecule has 0 spiro atoms. The number of aromatic nitrogens is 2. The Kier molecular flexibility index (Phi) is 6.70. The van der Waals surface area contributed by atoms with Gasteiger partial charge in [0.05, 0.1) is 6.04 Å². The highest BCUT2D eigenvalue weighted by Gasteiger charge is 2.15. The van der Waals surface area contributed by atoms with Crippen molar-refractivity contribution in [1.82, 2.24) is 15.3 Å². The first-order valence-electron chi connectivity index (χ1n) is 9.38. The molecule has 2 aromatic rings. The quantitative estimate of drug-likeness (QED) is 0.420. The van der Waals surface area contributed by atoms with E-state index in [0.29, 0.717) is 23.1 Å².